The number of hydrogen-bond donors (Lipinski definition) is 0. The van der Waals surface area contributed by atoms with Gasteiger partial charge in [-0.15, -0.1) is 0 Å². The van der Waals surface area contributed by atoms with Gasteiger partial charge in [-0.3, -0.25) is 0 Å². The molecule has 0 aromatic heterocycles. The number of hydrogen-bond acceptors (Lipinski definition) is 2. The van der Waals surface area contributed by atoms with E-state index in [0.29, 0.717) is 6.73 Å². The first-order chi connectivity index (χ1) is 8.35. The molecule has 1 saturated heterocycles. The fourth-order valence-corrected chi connectivity index (χ4v) is 2.05. The number of para-hydroxylation sites is 1. The molecular weight excluding hydrogens is 210 g/mol. The number of anilines is 1. The minimum atomic E-state index is 0.630. The zero-order chi connectivity index (χ0) is 12.1. The van der Waals surface area contributed by atoms with E-state index in [1.807, 2.05) is 19.1 Å². The lowest BCUT2D eigenvalue weighted by atomic mass is 10.1. The Morgan fingerprint density at radius 3 is 2.71 bits per heavy atom. The van der Waals surface area contributed by atoms with Crippen LogP contribution < -0.4 is 4.90 Å². The fraction of sp³-hybridized carbons (Fsp3) is 0.333. The summed E-state index contributed by atoms with van der Waals surface area (Å²) in [6.45, 7) is 5.74. The lowest BCUT2D eigenvalue weighted by Crippen LogP contribution is -2.33. The molecule has 1 fully saturated rings. The van der Waals surface area contributed by atoms with E-state index in [1.54, 1.807) is 0 Å². The summed E-state index contributed by atoms with van der Waals surface area (Å²) in [5.74, 6) is 1.03. The van der Waals surface area contributed by atoms with Crippen LogP contribution in [0.5, 0.6) is 0 Å². The minimum Gasteiger partial charge on any atom is -0.473 e. The molecule has 0 spiro atoms. The van der Waals surface area contributed by atoms with Crippen LogP contribution in [-0.4, -0.2) is 13.3 Å². The Hall–Kier alpha value is -1.70. The molecular formula is C15H19NO. The third kappa shape index (κ3) is 2.70. The van der Waals surface area contributed by atoms with Crippen LogP contribution in [0.15, 0.2) is 53.8 Å². The number of benzene rings is 1. The van der Waals surface area contributed by atoms with Gasteiger partial charge in [-0.2, -0.15) is 0 Å². The molecule has 2 heteroatoms. The average molecular weight is 229 g/mol. The van der Waals surface area contributed by atoms with Crippen LogP contribution in [0.1, 0.15) is 20.3 Å². The molecule has 0 atom stereocenters. The third-order valence-electron chi connectivity index (χ3n) is 2.89. The molecule has 2 rings (SSSR count). The second-order valence-electron chi connectivity index (χ2n) is 4.10. The van der Waals surface area contributed by atoms with E-state index in [0.717, 1.165) is 18.7 Å². The van der Waals surface area contributed by atoms with Crippen molar-refractivity contribution in [2.75, 3.05) is 18.2 Å². The third-order valence-corrected chi connectivity index (χ3v) is 2.89. The van der Waals surface area contributed by atoms with E-state index < -0.39 is 0 Å². The van der Waals surface area contributed by atoms with Crippen LogP contribution in [0.4, 0.5) is 5.69 Å². The highest BCUT2D eigenvalue weighted by atomic mass is 16.5. The van der Waals surface area contributed by atoms with Crippen molar-refractivity contribution in [3.05, 3.63) is 53.8 Å². The lowest BCUT2D eigenvalue weighted by molar-refractivity contribution is 0.201. The number of allylic oxidation sites excluding steroid dienone is 2. The summed E-state index contributed by atoms with van der Waals surface area (Å²) in [4.78, 5) is 2.24. The highest BCUT2D eigenvalue weighted by molar-refractivity contribution is 5.49. The zero-order valence-corrected chi connectivity index (χ0v) is 10.5. The highest BCUT2D eigenvalue weighted by Gasteiger charge is 2.18. The summed E-state index contributed by atoms with van der Waals surface area (Å²) in [6.07, 6.45) is 5.33. The summed E-state index contributed by atoms with van der Waals surface area (Å²) in [5.41, 5.74) is 2.50. The Kier molecular flexibility index (Phi) is 3.86. The maximum atomic E-state index is 5.78. The van der Waals surface area contributed by atoms with Crippen molar-refractivity contribution < 1.29 is 4.74 Å². The smallest absolute Gasteiger partial charge is 0.161 e. The second-order valence-corrected chi connectivity index (χ2v) is 4.10. The standard InChI is InChI=1S/C15H19NO/c1-3-8-13-11-16(12-17-15(13)4-2)14-9-6-5-7-10-14/h4-10H,3,11-12H2,1-2H3/b13-8-,15-4+. The Morgan fingerprint density at radius 1 is 1.29 bits per heavy atom. The van der Waals surface area contributed by atoms with Crippen molar-refractivity contribution >= 4 is 5.69 Å². The summed E-state index contributed by atoms with van der Waals surface area (Å²) < 4.78 is 5.78. The predicted molar refractivity (Wildman–Crippen MR) is 71.9 cm³/mol. The summed E-state index contributed by atoms with van der Waals surface area (Å²) in [7, 11) is 0. The van der Waals surface area contributed by atoms with Gasteiger partial charge in [0.2, 0.25) is 0 Å². The molecule has 0 saturated carbocycles. The molecule has 0 bridgehead atoms. The van der Waals surface area contributed by atoms with Crippen molar-refractivity contribution in [1.82, 2.24) is 0 Å². The SMILES string of the molecule is C/C=C1/OCN(c2ccccc2)C/C1=C/CC. The molecule has 90 valence electrons. The van der Waals surface area contributed by atoms with Gasteiger partial charge in [0, 0.05) is 17.8 Å². The number of nitrogens with zero attached hydrogens (tertiary/aromatic N) is 1. The molecule has 1 heterocycles. The topological polar surface area (TPSA) is 12.5 Å². The van der Waals surface area contributed by atoms with Crippen molar-refractivity contribution in [2.24, 2.45) is 0 Å². The molecule has 1 aromatic carbocycles. The Morgan fingerprint density at radius 2 is 2.06 bits per heavy atom. The molecule has 1 aliphatic rings. The first kappa shape index (κ1) is 11.8. The van der Waals surface area contributed by atoms with Crippen molar-refractivity contribution in [1.29, 1.82) is 0 Å². The minimum absolute atomic E-state index is 0.630. The number of rotatable bonds is 2. The molecule has 17 heavy (non-hydrogen) atoms. The Bertz CT molecular complexity index is 420. The van der Waals surface area contributed by atoms with Crippen LogP contribution >= 0.6 is 0 Å². The number of ether oxygens (including phenoxy) is 1. The van der Waals surface area contributed by atoms with Crippen molar-refractivity contribution in [3.8, 4) is 0 Å². The Balaban J connectivity index is 2.17. The van der Waals surface area contributed by atoms with Crippen LogP contribution in [0.3, 0.4) is 0 Å². The molecule has 0 aliphatic carbocycles. The van der Waals surface area contributed by atoms with Gasteiger partial charge in [-0.05, 0) is 31.6 Å². The summed E-state index contributed by atoms with van der Waals surface area (Å²) >= 11 is 0. The van der Waals surface area contributed by atoms with E-state index in [2.05, 4.69) is 42.2 Å². The van der Waals surface area contributed by atoms with Gasteiger partial charge >= 0.3 is 0 Å². The van der Waals surface area contributed by atoms with E-state index in [9.17, 15) is 0 Å². The van der Waals surface area contributed by atoms with Crippen LogP contribution in [0.25, 0.3) is 0 Å². The van der Waals surface area contributed by atoms with Gasteiger partial charge < -0.3 is 9.64 Å². The second kappa shape index (κ2) is 5.58. The first-order valence-electron chi connectivity index (χ1n) is 6.13. The first-order valence-corrected chi connectivity index (χ1v) is 6.13. The normalized spacial score (nSPS) is 20.7. The van der Waals surface area contributed by atoms with Gasteiger partial charge in [0.05, 0.1) is 0 Å². The average Bonchev–Trinajstić information content (AvgIpc) is 2.40. The van der Waals surface area contributed by atoms with E-state index in [-0.39, 0.29) is 0 Å². The summed E-state index contributed by atoms with van der Waals surface area (Å²) in [6, 6.07) is 10.4. The van der Waals surface area contributed by atoms with Crippen LogP contribution in [0, 0.1) is 0 Å². The maximum Gasteiger partial charge on any atom is 0.161 e. The van der Waals surface area contributed by atoms with E-state index in [4.69, 9.17) is 4.74 Å². The molecule has 0 amide bonds. The largest absolute Gasteiger partial charge is 0.473 e. The fourth-order valence-electron chi connectivity index (χ4n) is 2.05. The molecule has 1 aromatic rings. The highest BCUT2D eigenvalue weighted by Crippen LogP contribution is 2.24. The van der Waals surface area contributed by atoms with Crippen LogP contribution in [-0.2, 0) is 4.74 Å². The molecule has 0 unspecified atom stereocenters. The van der Waals surface area contributed by atoms with Gasteiger partial charge in [-0.1, -0.05) is 31.2 Å². The zero-order valence-electron chi connectivity index (χ0n) is 10.5. The maximum absolute atomic E-state index is 5.78. The van der Waals surface area contributed by atoms with Crippen LogP contribution in [0.2, 0.25) is 0 Å². The summed E-state index contributed by atoms with van der Waals surface area (Å²) in [5, 5.41) is 0. The van der Waals surface area contributed by atoms with Gasteiger partial charge in [0.15, 0.2) is 6.73 Å². The van der Waals surface area contributed by atoms with Gasteiger partial charge in [-0.25, -0.2) is 0 Å². The van der Waals surface area contributed by atoms with E-state index >= 15 is 0 Å². The monoisotopic (exact) mass is 229 g/mol. The lowest BCUT2D eigenvalue weighted by Gasteiger charge is -2.32. The van der Waals surface area contributed by atoms with Gasteiger partial charge in [0.1, 0.15) is 5.76 Å². The van der Waals surface area contributed by atoms with Crippen molar-refractivity contribution in [3.63, 3.8) is 0 Å². The molecule has 0 radical (unpaired) electrons. The van der Waals surface area contributed by atoms with E-state index in [1.165, 1.54) is 11.3 Å². The molecule has 0 N–H and O–H groups in total. The van der Waals surface area contributed by atoms with Gasteiger partial charge in [0.25, 0.3) is 0 Å². The molecule has 2 nitrogen and oxygen atoms in total. The van der Waals surface area contributed by atoms with Crippen molar-refractivity contribution in [2.45, 2.75) is 20.3 Å². The Labute approximate surface area is 103 Å². The molecule has 1 aliphatic heterocycles. The predicted octanol–water partition coefficient (Wildman–Crippen LogP) is 3.72. The quantitative estimate of drug-likeness (QED) is 0.766.